The van der Waals surface area contributed by atoms with E-state index < -0.39 is 11.9 Å². The molecule has 188 valence electrons. The van der Waals surface area contributed by atoms with Crippen LogP contribution in [0, 0.1) is 30.6 Å². The largest absolute Gasteiger partial charge is 0.426 e. The average Bonchev–Trinajstić information content (AvgIpc) is 3.37. The molecule has 2 saturated heterocycles. The lowest BCUT2D eigenvalue weighted by Crippen LogP contribution is -2.31. The minimum atomic E-state index is -0.560. The first-order valence-electron chi connectivity index (χ1n) is 12.9. The number of benzene rings is 2. The highest BCUT2D eigenvalue weighted by molar-refractivity contribution is 6.22. The van der Waals surface area contributed by atoms with Crippen LogP contribution in [0.5, 0.6) is 5.75 Å². The number of hydrogen-bond donors (Lipinski definition) is 0. The van der Waals surface area contributed by atoms with E-state index in [-0.39, 0.29) is 42.5 Å². The number of fused-ring (bicyclic) bond motifs is 1. The molecule has 4 atom stereocenters. The van der Waals surface area contributed by atoms with E-state index in [1.807, 2.05) is 24.3 Å². The van der Waals surface area contributed by atoms with Crippen LogP contribution < -0.4 is 14.5 Å². The zero-order valence-electron chi connectivity index (χ0n) is 21.0. The summed E-state index contributed by atoms with van der Waals surface area (Å²) >= 11 is 0. The number of aryl methyl sites for hydroxylation is 2. The molecular formula is C29H32N2O5. The van der Waals surface area contributed by atoms with Gasteiger partial charge in [0.2, 0.25) is 17.7 Å². The van der Waals surface area contributed by atoms with Gasteiger partial charge in [-0.05, 0) is 80.0 Å². The predicted molar refractivity (Wildman–Crippen MR) is 136 cm³/mol. The van der Waals surface area contributed by atoms with E-state index in [0.29, 0.717) is 22.9 Å². The Morgan fingerprint density at radius 1 is 1.00 bits per heavy atom. The highest BCUT2D eigenvalue weighted by atomic mass is 16.5. The lowest BCUT2D eigenvalue weighted by molar-refractivity contribution is -0.139. The molecule has 0 N–H and O–H groups in total. The lowest BCUT2D eigenvalue weighted by atomic mass is 9.76. The Hall–Kier alpha value is -3.48. The van der Waals surface area contributed by atoms with Crippen LogP contribution in [0.15, 0.2) is 42.5 Å². The SMILES string of the molecule is CCc1ccc(N2C[C@H](C(=O)Oc3ccc(N4C(=O)[C@H]5C[C@H](C)CC[C@H]5C4=O)c(C)c3)CC2=O)cc1. The maximum Gasteiger partial charge on any atom is 0.316 e. The summed E-state index contributed by atoms with van der Waals surface area (Å²) in [6.45, 7) is 6.28. The summed E-state index contributed by atoms with van der Waals surface area (Å²) < 4.78 is 5.62. The van der Waals surface area contributed by atoms with E-state index >= 15 is 0 Å². The predicted octanol–water partition coefficient (Wildman–Crippen LogP) is 4.44. The molecule has 7 heteroatoms. The van der Waals surface area contributed by atoms with Gasteiger partial charge in [0.25, 0.3) is 0 Å². The van der Waals surface area contributed by atoms with Crippen LogP contribution in [-0.4, -0.2) is 30.2 Å². The van der Waals surface area contributed by atoms with Crippen molar-refractivity contribution in [1.29, 1.82) is 0 Å². The first kappa shape index (κ1) is 24.2. The van der Waals surface area contributed by atoms with Gasteiger partial charge < -0.3 is 9.64 Å². The molecule has 3 amide bonds. The van der Waals surface area contributed by atoms with Gasteiger partial charge >= 0.3 is 5.97 Å². The molecule has 0 spiro atoms. The van der Waals surface area contributed by atoms with Crippen molar-refractivity contribution in [3.63, 3.8) is 0 Å². The van der Waals surface area contributed by atoms with Gasteiger partial charge in [-0.3, -0.25) is 19.2 Å². The molecule has 3 fully saturated rings. The first-order valence-corrected chi connectivity index (χ1v) is 12.9. The van der Waals surface area contributed by atoms with Crippen LogP contribution in [0.4, 0.5) is 11.4 Å². The topological polar surface area (TPSA) is 84.0 Å². The monoisotopic (exact) mass is 488 g/mol. The van der Waals surface area contributed by atoms with E-state index in [2.05, 4.69) is 13.8 Å². The molecule has 1 aliphatic carbocycles. The number of hydrogen-bond acceptors (Lipinski definition) is 5. The Bertz CT molecular complexity index is 1220. The molecule has 36 heavy (non-hydrogen) atoms. The second-order valence-corrected chi connectivity index (χ2v) is 10.4. The van der Waals surface area contributed by atoms with Crippen molar-refractivity contribution in [3.05, 3.63) is 53.6 Å². The first-order chi connectivity index (χ1) is 17.3. The number of ether oxygens (including phenoxy) is 1. The zero-order valence-corrected chi connectivity index (χ0v) is 21.0. The Kier molecular flexibility index (Phi) is 6.41. The average molecular weight is 489 g/mol. The summed E-state index contributed by atoms with van der Waals surface area (Å²) in [4.78, 5) is 54.5. The molecular weight excluding hydrogens is 456 g/mol. The quantitative estimate of drug-likeness (QED) is 0.353. The smallest absolute Gasteiger partial charge is 0.316 e. The third-order valence-electron chi connectivity index (χ3n) is 7.93. The van der Waals surface area contributed by atoms with Gasteiger partial charge in [0.1, 0.15) is 5.75 Å². The highest BCUT2D eigenvalue weighted by Crippen LogP contribution is 2.43. The fraction of sp³-hybridized carbons (Fsp3) is 0.448. The second kappa shape index (κ2) is 9.52. The molecule has 2 aliphatic heterocycles. The number of carbonyl (C=O) groups is 4. The Labute approximate surface area is 211 Å². The summed E-state index contributed by atoms with van der Waals surface area (Å²) in [6, 6.07) is 12.8. The Balaban J connectivity index is 1.26. The molecule has 0 aromatic heterocycles. The number of carbonyl (C=O) groups excluding carboxylic acids is 4. The van der Waals surface area contributed by atoms with E-state index in [9.17, 15) is 19.2 Å². The number of imide groups is 1. The number of rotatable bonds is 5. The lowest BCUT2D eigenvalue weighted by Gasteiger charge is -2.25. The molecule has 7 nitrogen and oxygen atoms in total. The third kappa shape index (κ3) is 4.31. The zero-order chi connectivity index (χ0) is 25.6. The second-order valence-electron chi connectivity index (χ2n) is 10.4. The molecule has 0 radical (unpaired) electrons. The molecule has 2 aromatic carbocycles. The fourth-order valence-electron chi connectivity index (χ4n) is 5.80. The van der Waals surface area contributed by atoms with Crippen LogP contribution in [0.3, 0.4) is 0 Å². The summed E-state index contributed by atoms with van der Waals surface area (Å²) in [5.74, 6) is -1.06. The van der Waals surface area contributed by atoms with Gasteiger partial charge in [-0.25, -0.2) is 4.90 Å². The van der Waals surface area contributed by atoms with Crippen molar-refractivity contribution >= 4 is 35.1 Å². The number of amides is 3. The highest BCUT2D eigenvalue weighted by Gasteiger charge is 2.50. The van der Waals surface area contributed by atoms with Crippen molar-refractivity contribution in [3.8, 4) is 5.75 Å². The molecule has 0 unspecified atom stereocenters. The van der Waals surface area contributed by atoms with Crippen molar-refractivity contribution in [2.45, 2.75) is 52.9 Å². The summed E-state index contributed by atoms with van der Waals surface area (Å²) in [6.07, 6.45) is 3.49. The number of esters is 1. The van der Waals surface area contributed by atoms with Gasteiger partial charge in [-0.2, -0.15) is 0 Å². The van der Waals surface area contributed by atoms with Crippen molar-refractivity contribution in [2.75, 3.05) is 16.3 Å². The van der Waals surface area contributed by atoms with Gasteiger partial charge in [0.05, 0.1) is 23.4 Å². The van der Waals surface area contributed by atoms with Crippen LogP contribution in [0.1, 0.15) is 50.7 Å². The maximum absolute atomic E-state index is 13.1. The molecule has 2 aromatic rings. The van der Waals surface area contributed by atoms with E-state index in [1.165, 1.54) is 10.5 Å². The summed E-state index contributed by atoms with van der Waals surface area (Å²) in [5.41, 5.74) is 3.20. The molecule has 0 bridgehead atoms. The van der Waals surface area contributed by atoms with Gasteiger partial charge in [0.15, 0.2) is 0 Å². The van der Waals surface area contributed by atoms with Crippen LogP contribution >= 0.6 is 0 Å². The van der Waals surface area contributed by atoms with Crippen LogP contribution in [0.25, 0.3) is 0 Å². The van der Waals surface area contributed by atoms with Gasteiger partial charge in [0, 0.05) is 18.7 Å². The fourth-order valence-corrected chi connectivity index (χ4v) is 5.80. The van der Waals surface area contributed by atoms with Gasteiger partial charge in [-0.15, -0.1) is 0 Å². The summed E-state index contributed by atoms with van der Waals surface area (Å²) in [5, 5.41) is 0. The summed E-state index contributed by atoms with van der Waals surface area (Å²) in [7, 11) is 0. The van der Waals surface area contributed by atoms with Crippen molar-refractivity contribution in [1.82, 2.24) is 0 Å². The standard InChI is InChI=1S/C29H32N2O5/c1-4-19-6-8-21(9-7-19)30-16-20(15-26(30)32)29(35)36-22-10-12-25(18(3)14-22)31-27(33)23-11-5-17(2)13-24(23)28(31)34/h6-10,12,14,17,20,23-24H,4-5,11,13,15-16H2,1-3H3/t17-,20-,23-,24+/m1/s1. The Morgan fingerprint density at radius 3 is 2.42 bits per heavy atom. The minimum absolute atomic E-state index is 0.101. The maximum atomic E-state index is 13.1. The van der Waals surface area contributed by atoms with E-state index in [1.54, 1.807) is 30.0 Å². The van der Waals surface area contributed by atoms with E-state index in [0.717, 1.165) is 31.4 Å². The number of nitrogens with zero attached hydrogens (tertiary/aromatic N) is 2. The normalized spacial score (nSPS) is 25.9. The van der Waals surface area contributed by atoms with E-state index in [4.69, 9.17) is 4.74 Å². The molecule has 5 rings (SSSR count). The molecule has 3 aliphatic rings. The molecule has 2 heterocycles. The van der Waals surface area contributed by atoms with Gasteiger partial charge in [-0.1, -0.05) is 26.0 Å². The molecule has 1 saturated carbocycles. The van der Waals surface area contributed by atoms with Crippen molar-refractivity contribution < 1.29 is 23.9 Å². The van der Waals surface area contributed by atoms with Crippen LogP contribution in [0.2, 0.25) is 0 Å². The van der Waals surface area contributed by atoms with Crippen LogP contribution in [-0.2, 0) is 25.6 Å². The Morgan fingerprint density at radius 2 is 1.72 bits per heavy atom. The van der Waals surface area contributed by atoms with Crippen molar-refractivity contribution in [2.24, 2.45) is 23.7 Å². The minimum Gasteiger partial charge on any atom is -0.426 e. The number of anilines is 2. The third-order valence-corrected chi connectivity index (χ3v) is 7.93.